The molecule has 0 bridgehead atoms. The van der Waals surface area contributed by atoms with Gasteiger partial charge in [0.05, 0.1) is 17.2 Å². The fraction of sp³-hybridized carbons (Fsp3) is 0.200. The third-order valence-electron chi connectivity index (χ3n) is 2.77. The monoisotopic (exact) mass is 307 g/mol. The molecule has 0 spiro atoms. The molecule has 0 aromatic heterocycles. The van der Waals surface area contributed by atoms with Gasteiger partial charge < -0.3 is 15.2 Å². The lowest BCUT2D eigenvalue weighted by Crippen LogP contribution is -1.98. The molecule has 0 aliphatic carbocycles. The summed E-state index contributed by atoms with van der Waals surface area (Å²) < 4.78 is 33.8. The van der Waals surface area contributed by atoms with Gasteiger partial charge >= 0.3 is 0 Å². The topological polar surface area (TPSA) is 78.6 Å². The molecule has 0 heterocycles. The first-order chi connectivity index (χ1) is 9.90. The molecule has 5 nitrogen and oxygen atoms in total. The van der Waals surface area contributed by atoms with E-state index in [2.05, 4.69) is 0 Å². The molecule has 2 aromatic carbocycles. The highest BCUT2D eigenvalue weighted by atomic mass is 32.2. The number of hydrogen-bond donors (Lipinski definition) is 1. The Kier molecular flexibility index (Phi) is 4.37. The quantitative estimate of drug-likeness (QED) is 0.859. The van der Waals surface area contributed by atoms with Gasteiger partial charge in [-0.3, -0.25) is 0 Å². The van der Waals surface area contributed by atoms with Crippen molar-refractivity contribution in [3.8, 4) is 17.2 Å². The van der Waals surface area contributed by atoms with Crippen molar-refractivity contribution in [2.24, 2.45) is 0 Å². The predicted molar refractivity (Wildman–Crippen MR) is 81.6 cm³/mol. The van der Waals surface area contributed by atoms with Crippen molar-refractivity contribution >= 4 is 15.5 Å². The van der Waals surface area contributed by atoms with Crippen LogP contribution in [0.4, 0.5) is 5.69 Å². The maximum Gasteiger partial charge on any atom is 0.175 e. The Labute approximate surface area is 124 Å². The molecule has 112 valence electrons. The van der Waals surface area contributed by atoms with Crippen LogP contribution in [0.3, 0.4) is 0 Å². The van der Waals surface area contributed by atoms with Gasteiger partial charge in [0.1, 0.15) is 17.2 Å². The molecule has 0 saturated heterocycles. The van der Waals surface area contributed by atoms with E-state index < -0.39 is 9.84 Å². The van der Waals surface area contributed by atoms with Crippen molar-refractivity contribution < 1.29 is 17.9 Å². The molecule has 2 rings (SSSR count). The summed E-state index contributed by atoms with van der Waals surface area (Å²) in [6, 6.07) is 11.3. The molecule has 0 amide bonds. The minimum absolute atomic E-state index is 0.252. The summed E-state index contributed by atoms with van der Waals surface area (Å²) in [7, 11) is -3.20. The Morgan fingerprint density at radius 2 is 1.67 bits per heavy atom. The van der Waals surface area contributed by atoms with Crippen LogP contribution in [-0.2, 0) is 9.84 Å². The van der Waals surface area contributed by atoms with Crippen LogP contribution in [0.1, 0.15) is 6.92 Å². The lowest BCUT2D eigenvalue weighted by Gasteiger charge is -2.10. The zero-order valence-corrected chi connectivity index (χ0v) is 12.7. The fourth-order valence-corrected chi connectivity index (χ4v) is 2.38. The third kappa shape index (κ3) is 3.88. The van der Waals surface area contributed by atoms with E-state index >= 15 is 0 Å². The Hall–Kier alpha value is -2.21. The Morgan fingerprint density at radius 1 is 1.05 bits per heavy atom. The van der Waals surface area contributed by atoms with Crippen LogP contribution in [0, 0.1) is 0 Å². The standard InChI is InChI=1S/C15H17NO4S/c1-3-19-15-10-12(6-9-14(15)16)20-11-4-7-13(8-5-11)21(2,17)18/h4-10H,3,16H2,1-2H3. The second-order valence-electron chi connectivity index (χ2n) is 4.48. The van der Waals surface area contributed by atoms with Crippen LogP contribution in [0.2, 0.25) is 0 Å². The van der Waals surface area contributed by atoms with E-state index in [9.17, 15) is 8.42 Å². The average molecular weight is 307 g/mol. The number of nitrogens with two attached hydrogens (primary N) is 1. The molecule has 0 atom stereocenters. The van der Waals surface area contributed by atoms with E-state index in [0.29, 0.717) is 29.5 Å². The molecule has 0 saturated carbocycles. The number of ether oxygens (including phenoxy) is 2. The second-order valence-corrected chi connectivity index (χ2v) is 6.49. The molecule has 0 aliphatic heterocycles. The van der Waals surface area contributed by atoms with Crippen LogP contribution >= 0.6 is 0 Å². The summed E-state index contributed by atoms with van der Waals surface area (Å²) in [5.41, 5.74) is 6.33. The molecule has 21 heavy (non-hydrogen) atoms. The van der Waals surface area contributed by atoms with E-state index in [0.717, 1.165) is 6.26 Å². The summed E-state index contributed by atoms with van der Waals surface area (Å²) in [5.74, 6) is 1.66. The van der Waals surface area contributed by atoms with Crippen LogP contribution < -0.4 is 15.2 Å². The predicted octanol–water partition coefficient (Wildman–Crippen LogP) is 2.86. The molecular weight excluding hydrogens is 290 g/mol. The maximum absolute atomic E-state index is 11.4. The normalized spacial score (nSPS) is 11.1. The number of anilines is 1. The summed E-state index contributed by atoms with van der Waals surface area (Å²) in [5, 5.41) is 0. The molecule has 0 unspecified atom stereocenters. The lowest BCUT2D eigenvalue weighted by molar-refractivity contribution is 0.340. The van der Waals surface area contributed by atoms with Crippen molar-refractivity contribution in [1.82, 2.24) is 0 Å². The number of sulfone groups is 1. The highest BCUT2D eigenvalue weighted by molar-refractivity contribution is 7.90. The molecule has 6 heteroatoms. The van der Waals surface area contributed by atoms with E-state index in [1.165, 1.54) is 12.1 Å². The van der Waals surface area contributed by atoms with Crippen molar-refractivity contribution in [2.75, 3.05) is 18.6 Å². The Morgan fingerprint density at radius 3 is 2.24 bits per heavy atom. The smallest absolute Gasteiger partial charge is 0.175 e. The molecule has 2 aromatic rings. The lowest BCUT2D eigenvalue weighted by atomic mass is 10.2. The van der Waals surface area contributed by atoms with Crippen LogP contribution in [0.5, 0.6) is 17.2 Å². The van der Waals surface area contributed by atoms with E-state index in [-0.39, 0.29) is 4.90 Å². The minimum Gasteiger partial charge on any atom is -0.492 e. The van der Waals surface area contributed by atoms with Gasteiger partial charge in [-0.2, -0.15) is 0 Å². The molecule has 2 N–H and O–H groups in total. The zero-order chi connectivity index (χ0) is 15.5. The van der Waals surface area contributed by atoms with Gasteiger partial charge in [0.2, 0.25) is 0 Å². The third-order valence-corrected chi connectivity index (χ3v) is 3.90. The van der Waals surface area contributed by atoms with Gasteiger partial charge in [-0.15, -0.1) is 0 Å². The van der Waals surface area contributed by atoms with Crippen molar-refractivity contribution in [1.29, 1.82) is 0 Å². The van der Waals surface area contributed by atoms with Crippen molar-refractivity contribution in [3.05, 3.63) is 42.5 Å². The van der Waals surface area contributed by atoms with E-state index in [4.69, 9.17) is 15.2 Å². The first-order valence-electron chi connectivity index (χ1n) is 6.40. The first-order valence-corrected chi connectivity index (χ1v) is 8.29. The number of benzene rings is 2. The van der Waals surface area contributed by atoms with Crippen LogP contribution in [0.15, 0.2) is 47.4 Å². The molecule has 0 fully saturated rings. The van der Waals surface area contributed by atoms with Gasteiger partial charge in [0, 0.05) is 12.3 Å². The molecule has 0 radical (unpaired) electrons. The van der Waals surface area contributed by atoms with E-state index in [1.54, 1.807) is 30.3 Å². The van der Waals surface area contributed by atoms with Gasteiger partial charge in [0.15, 0.2) is 9.84 Å². The van der Waals surface area contributed by atoms with Crippen LogP contribution in [0.25, 0.3) is 0 Å². The largest absolute Gasteiger partial charge is 0.492 e. The minimum atomic E-state index is -3.20. The summed E-state index contributed by atoms with van der Waals surface area (Å²) in [4.78, 5) is 0.252. The first kappa shape index (κ1) is 15.2. The molecule has 0 aliphatic rings. The Balaban J connectivity index is 2.20. The Bertz CT molecular complexity index is 724. The number of hydrogen-bond acceptors (Lipinski definition) is 5. The highest BCUT2D eigenvalue weighted by Crippen LogP contribution is 2.30. The van der Waals surface area contributed by atoms with Gasteiger partial charge in [-0.25, -0.2) is 8.42 Å². The summed E-state index contributed by atoms with van der Waals surface area (Å²) in [6.45, 7) is 2.38. The highest BCUT2D eigenvalue weighted by Gasteiger charge is 2.08. The summed E-state index contributed by atoms with van der Waals surface area (Å²) >= 11 is 0. The summed E-state index contributed by atoms with van der Waals surface area (Å²) in [6.07, 6.45) is 1.16. The van der Waals surface area contributed by atoms with Gasteiger partial charge in [-0.05, 0) is 43.3 Å². The average Bonchev–Trinajstić information content (AvgIpc) is 2.42. The SMILES string of the molecule is CCOc1cc(Oc2ccc(S(C)(=O)=O)cc2)ccc1N. The molecular formula is C15H17NO4S. The van der Waals surface area contributed by atoms with Crippen molar-refractivity contribution in [3.63, 3.8) is 0 Å². The van der Waals surface area contributed by atoms with Gasteiger partial charge in [-0.1, -0.05) is 0 Å². The second kappa shape index (κ2) is 6.05. The number of rotatable bonds is 5. The number of nitrogen functional groups attached to an aromatic ring is 1. The van der Waals surface area contributed by atoms with Crippen molar-refractivity contribution in [2.45, 2.75) is 11.8 Å². The fourth-order valence-electron chi connectivity index (χ4n) is 1.75. The maximum atomic E-state index is 11.4. The van der Waals surface area contributed by atoms with E-state index in [1.807, 2.05) is 6.92 Å². The zero-order valence-electron chi connectivity index (χ0n) is 11.9. The van der Waals surface area contributed by atoms with Crippen LogP contribution in [-0.4, -0.2) is 21.3 Å². The van der Waals surface area contributed by atoms with Gasteiger partial charge in [0.25, 0.3) is 0 Å².